The molecule has 1 saturated heterocycles. The van der Waals surface area contributed by atoms with Gasteiger partial charge in [0.2, 0.25) is 5.91 Å². The highest BCUT2D eigenvalue weighted by Gasteiger charge is 2.40. The van der Waals surface area contributed by atoms with Crippen molar-refractivity contribution in [3.63, 3.8) is 0 Å². The summed E-state index contributed by atoms with van der Waals surface area (Å²) in [5.41, 5.74) is 8.12. The minimum absolute atomic E-state index is 0. The molecule has 0 atom stereocenters. The number of carboxylic acids is 2. The molecule has 160 valence electrons. The molecule has 0 bridgehead atoms. The van der Waals surface area contributed by atoms with Crippen molar-refractivity contribution in [1.29, 1.82) is 0 Å². The molecular weight excluding hydrogens is 388 g/mol. The first-order valence-corrected chi connectivity index (χ1v) is 9.12. The minimum atomic E-state index is -1.26. The van der Waals surface area contributed by atoms with Crippen molar-refractivity contribution in [3.8, 4) is 0 Å². The molecule has 0 aromatic heterocycles. The van der Waals surface area contributed by atoms with Crippen molar-refractivity contribution in [1.82, 2.24) is 4.90 Å². The van der Waals surface area contributed by atoms with Gasteiger partial charge in [0.1, 0.15) is 0 Å². The van der Waals surface area contributed by atoms with E-state index in [9.17, 15) is 14.4 Å². The van der Waals surface area contributed by atoms with Gasteiger partial charge in [-0.2, -0.15) is 0 Å². The van der Waals surface area contributed by atoms with Crippen molar-refractivity contribution in [2.45, 2.75) is 18.3 Å². The molecule has 1 aliphatic heterocycles. The summed E-state index contributed by atoms with van der Waals surface area (Å²) in [6.07, 6.45) is 2.49. The molecule has 1 fully saturated rings. The topological polar surface area (TPSA) is 152 Å². The maximum absolute atomic E-state index is 12.0. The number of carbonyl (C=O) groups excluding carboxylic acids is 1. The molecule has 8 heteroatoms. The zero-order valence-electron chi connectivity index (χ0n) is 16.4. The van der Waals surface area contributed by atoms with E-state index in [4.69, 9.17) is 15.9 Å². The van der Waals surface area contributed by atoms with Crippen LogP contribution in [0.3, 0.4) is 0 Å². The van der Waals surface area contributed by atoms with Crippen molar-refractivity contribution in [2.24, 2.45) is 5.73 Å². The van der Waals surface area contributed by atoms with Crippen molar-refractivity contribution in [2.75, 3.05) is 13.2 Å². The third kappa shape index (κ3) is 6.26. The zero-order valence-corrected chi connectivity index (χ0v) is 16.4. The standard InChI is InChI=1S/C18H20N2O.C4H4O4.H2O/c19-14-20-13-18(12-11-17(20)21,15-7-3-1-4-8-15)16-9-5-2-6-10-16;5-3(6)1-2-4(7)8;/h1-10H,11-14,19H2;1-2H,(H,5,6)(H,7,8);1H2/b;2-1-;. The highest BCUT2D eigenvalue weighted by Crippen LogP contribution is 2.40. The molecule has 2 aromatic rings. The Morgan fingerprint density at radius 1 is 0.933 bits per heavy atom. The number of piperidine rings is 1. The van der Waals surface area contributed by atoms with Gasteiger partial charge in [0.05, 0.1) is 6.67 Å². The second-order valence-electron chi connectivity index (χ2n) is 6.60. The van der Waals surface area contributed by atoms with Crippen molar-refractivity contribution < 1.29 is 30.1 Å². The summed E-state index contributed by atoms with van der Waals surface area (Å²) in [4.78, 5) is 32.9. The first-order valence-electron chi connectivity index (χ1n) is 9.12. The number of hydrogen-bond donors (Lipinski definition) is 3. The summed E-state index contributed by atoms with van der Waals surface area (Å²) in [5, 5.41) is 15.6. The van der Waals surface area contributed by atoms with E-state index in [0.29, 0.717) is 25.1 Å². The summed E-state index contributed by atoms with van der Waals surface area (Å²) in [6, 6.07) is 20.9. The number of carboxylic acid groups (broad SMARTS) is 2. The van der Waals surface area contributed by atoms with Crippen LogP contribution < -0.4 is 5.73 Å². The Hall–Kier alpha value is -3.49. The van der Waals surface area contributed by atoms with Crippen LogP contribution in [-0.2, 0) is 19.8 Å². The average molecular weight is 414 g/mol. The largest absolute Gasteiger partial charge is 0.478 e. The Balaban J connectivity index is 0.000000431. The van der Waals surface area contributed by atoms with E-state index < -0.39 is 11.9 Å². The summed E-state index contributed by atoms with van der Waals surface area (Å²) < 4.78 is 0. The summed E-state index contributed by atoms with van der Waals surface area (Å²) in [7, 11) is 0. The number of benzene rings is 2. The molecule has 0 unspecified atom stereocenters. The number of nitrogens with two attached hydrogens (primary N) is 1. The van der Waals surface area contributed by atoms with E-state index in [1.807, 2.05) is 12.1 Å². The van der Waals surface area contributed by atoms with Gasteiger partial charge in [-0.05, 0) is 17.5 Å². The Kier molecular flexibility index (Phi) is 9.41. The average Bonchev–Trinajstić information content (AvgIpc) is 2.74. The third-order valence-electron chi connectivity index (χ3n) is 4.82. The fourth-order valence-electron chi connectivity index (χ4n) is 3.43. The maximum Gasteiger partial charge on any atom is 0.328 e. The molecule has 0 radical (unpaired) electrons. The summed E-state index contributed by atoms with van der Waals surface area (Å²) in [5.74, 6) is -2.36. The highest BCUT2D eigenvalue weighted by molar-refractivity contribution is 5.89. The number of rotatable bonds is 5. The Morgan fingerprint density at radius 2 is 1.37 bits per heavy atom. The summed E-state index contributed by atoms with van der Waals surface area (Å²) in [6.45, 7) is 0.927. The predicted octanol–water partition coefficient (Wildman–Crippen LogP) is 1.40. The van der Waals surface area contributed by atoms with Crippen LogP contribution in [0.5, 0.6) is 0 Å². The molecule has 1 aliphatic rings. The monoisotopic (exact) mass is 414 g/mol. The minimum Gasteiger partial charge on any atom is -0.478 e. The molecule has 2 aromatic carbocycles. The predicted molar refractivity (Wildman–Crippen MR) is 112 cm³/mol. The fraction of sp³-hybridized carbons (Fsp3) is 0.227. The van der Waals surface area contributed by atoms with Gasteiger partial charge in [0, 0.05) is 30.5 Å². The number of carbonyl (C=O) groups is 3. The molecular formula is C22H26N2O6. The van der Waals surface area contributed by atoms with Crippen LogP contribution in [0, 0.1) is 0 Å². The lowest BCUT2D eigenvalue weighted by atomic mass is 9.69. The van der Waals surface area contributed by atoms with Crippen LogP contribution in [0.4, 0.5) is 0 Å². The number of likely N-dealkylation sites (tertiary alicyclic amines) is 1. The van der Waals surface area contributed by atoms with Crippen LogP contribution in [-0.4, -0.2) is 51.6 Å². The van der Waals surface area contributed by atoms with Gasteiger partial charge in [0.15, 0.2) is 0 Å². The first kappa shape index (κ1) is 24.5. The van der Waals surface area contributed by atoms with Gasteiger partial charge in [0.25, 0.3) is 0 Å². The quantitative estimate of drug-likeness (QED) is 0.629. The van der Waals surface area contributed by atoms with Gasteiger partial charge in [-0.3, -0.25) is 4.79 Å². The van der Waals surface area contributed by atoms with Crippen LogP contribution in [0.25, 0.3) is 0 Å². The fourth-order valence-corrected chi connectivity index (χ4v) is 3.43. The Labute approximate surface area is 174 Å². The van der Waals surface area contributed by atoms with Crippen molar-refractivity contribution in [3.05, 3.63) is 83.9 Å². The smallest absolute Gasteiger partial charge is 0.328 e. The van der Waals surface area contributed by atoms with Gasteiger partial charge in [-0.25, -0.2) is 9.59 Å². The van der Waals surface area contributed by atoms with E-state index >= 15 is 0 Å². The summed E-state index contributed by atoms with van der Waals surface area (Å²) >= 11 is 0. The maximum atomic E-state index is 12.0. The highest BCUT2D eigenvalue weighted by atomic mass is 16.4. The molecule has 6 N–H and O–H groups in total. The lowest BCUT2D eigenvalue weighted by molar-refractivity contribution is -0.135. The molecule has 0 aliphatic carbocycles. The van der Waals surface area contributed by atoms with E-state index in [1.54, 1.807) is 4.90 Å². The van der Waals surface area contributed by atoms with Gasteiger partial charge >= 0.3 is 11.9 Å². The van der Waals surface area contributed by atoms with E-state index in [-0.39, 0.29) is 23.5 Å². The van der Waals surface area contributed by atoms with Crippen molar-refractivity contribution >= 4 is 17.8 Å². The second-order valence-corrected chi connectivity index (χ2v) is 6.60. The van der Waals surface area contributed by atoms with Crippen LogP contribution in [0.1, 0.15) is 24.0 Å². The zero-order chi connectivity index (χ0) is 21.3. The number of nitrogens with zero attached hydrogens (tertiary/aromatic N) is 1. The van der Waals surface area contributed by atoms with Gasteiger partial charge < -0.3 is 26.3 Å². The Morgan fingerprint density at radius 3 is 1.73 bits per heavy atom. The van der Waals surface area contributed by atoms with Crippen LogP contribution in [0.15, 0.2) is 72.8 Å². The lowest BCUT2D eigenvalue weighted by Crippen LogP contribution is -2.51. The van der Waals surface area contributed by atoms with E-state index in [1.165, 1.54) is 11.1 Å². The molecule has 1 heterocycles. The lowest BCUT2D eigenvalue weighted by Gasteiger charge is -2.43. The second kappa shape index (κ2) is 11.5. The number of amides is 1. The van der Waals surface area contributed by atoms with Crippen LogP contribution >= 0.6 is 0 Å². The first-order chi connectivity index (χ1) is 13.9. The Bertz CT molecular complexity index is 812. The van der Waals surface area contributed by atoms with Gasteiger partial charge in [-0.1, -0.05) is 60.7 Å². The molecule has 0 saturated carbocycles. The normalized spacial score (nSPS) is 15.0. The van der Waals surface area contributed by atoms with E-state index in [0.717, 1.165) is 6.42 Å². The third-order valence-corrected chi connectivity index (χ3v) is 4.82. The molecule has 1 amide bonds. The number of aliphatic carboxylic acids is 2. The number of hydrogen-bond acceptors (Lipinski definition) is 4. The SMILES string of the molecule is NCN1CC(c2ccccc2)(c2ccccc2)CCC1=O.O.O=C(O)/C=C\C(=O)O. The van der Waals surface area contributed by atoms with E-state index in [2.05, 4.69) is 48.5 Å². The van der Waals surface area contributed by atoms with Gasteiger partial charge in [-0.15, -0.1) is 0 Å². The van der Waals surface area contributed by atoms with Crippen LogP contribution in [0.2, 0.25) is 0 Å². The molecule has 0 spiro atoms. The molecule has 8 nitrogen and oxygen atoms in total. The molecule has 30 heavy (non-hydrogen) atoms. The molecule has 3 rings (SSSR count).